The van der Waals surface area contributed by atoms with Gasteiger partial charge in [-0.3, -0.25) is 4.79 Å². The molecule has 31 heavy (non-hydrogen) atoms. The Bertz CT molecular complexity index is 1040. The number of nitrogens with zero attached hydrogens (tertiary/aromatic N) is 2. The first-order valence-corrected chi connectivity index (χ1v) is 11.7. The van der Waals surface area contributed by atoms with E-state index in [1.54, 1.807) is 12.1 Å². The molecule has 0 saturated carbocycles. The maximum atomic E-state index is 13.0. The molecule has 0 atom stereocenters. The van der Waals surface area contributed by atoms with Crippen LogP contribution >= 0.6 is 34.8 Å². The molecule has 164 valence electrons. The smallest absolute Gasteiger partial charge is 0.287 e. The first-order chi connectivity index (χ1) is 15.0. The Kier molecular flexibility index (Phi) is 8.42. The highest BCUT2D eigenvalue weighted by atomic mass is 35.5. The van der Waals surface area contributed by atoms with E-state index in [1.807, 2.05) is 41.8 Å². The number of hydrogen-bond acceptors (Lipinski definition) is 2. The summed E-state index contributed by atoms with van der Waals surface area (Å²) < 4.78 is 1.90. The van der Waals surface area contributed by atoms with E-state index < -0.39 is 0 Å². The molecular formula is C24H26Cl3N3O. The summed E-state index contributed by atoms with van der Waals surface area (Å²) in [5, 5.41) is 4.70. The fourth-order valence-corrected chi connectivity index (χ4v) is 4.15. The fraction of sp³-hybridized carbons (Fsp3) is 0.333. The monoisotopic (exact) mass is 477 g/mol. The third kappa shape index (κ3) is 5.62. The van der Waals surface area contributed by atoms with Crippen LogP contribution in [0.2, 0.25) is 15.1 Å². The van der Waals surface area contributed by atoms with Crippen LogP contribution in [-0.4, -0.2) is 22.0 Å². The third-order valence-corrected chi connectivity index (χ3v) is 5.91. The first-order valence-electron chi connectivity index (χ1n) is 10.6. The molecule has 2 aromatic carbocycles. The number of rotatable bonds is 9. The molecule has 0 radical (unpaired) electrons. The first kappa shape index (κ1) is 23.6. The van der Waals surface area contributed by atoms with Crippen molar-refractivity contribution >= 4 is 40.7 Å². The van der Waals surface area contributed by atoms with Crippen molar-refractivity contribution in [3.05, 3.63) is 63.4 Å². The van der Waals surface area contributed by atoms with Crippen LogP contribution in [0, 0.1) is 0 Å². The van der Waals surface area contributed by atoms with E-state index in [2.05, 4.69) is 12.2 Å². The summed E-state index contributed by atoms with van der Waals surface area (Å²) in [5.74, 6) is 0.175. The molecule has 0 aliphatic rings. The van der Waals surface area contributed by atoms with Gasteiger partial charge in [-0.05, 0) is 43.7 Å². The molecule has 0 saturated heterocycles. The van der Waals surface area contributed by atoms with Crippen molar-refractivity contribution in [1.82, 2.24) is 14.9 Å². The average molecular weight is 479 g/mol. The Balaban J connectivity index is 2.06. The summed E-state index contributed by atoms with van der Waals surface area (Å²) in [6.45, 7) is 5.34. The molecule has 3 rings (SSSR count). The minimum atomic E-state index is -0.190. The molecule has 1 aromatic heterocycles. The summed E-state index contributed by atoms with van der Waals surface area (Å²) >= 11 is 18.7. The fourth-order valence-electron chi connectivity index (χ4n) is 3.53. The molecule has 0 fully saturated rings. The van der Waals surface area contributed by atoms with Crippen LogP contribution in [0.4, 0.5) is 0 Å². The molecule has 1 amide bonds. The number of unbranched alkanes of at least 4 members (excludes halogenated alkanes) is 3. The summed E-state index contributed by atoms with van der Waals surface area (Å²) in [6, 6.07) is 12.7. The number of halogens is 3. The van der Waals surface area contributed by atoms with Gasteiger partial charge in [0.15, 0.2) is 5.82 Å². The van der Waals surface area contributed by atoms with E-state index in [4.69, 9.17) is 39.8 Å². The molecule has 0 aliphatic heterocycles. The molecular weight excluding hydrogens is 453 g/mol. The molecule has 3 aromatic rings. The number of imidazole rings is 1. The summed E-state index contributed by atoms with van der Waals surface area (Å²) in [5.41, 5.74) is 3.09. The zero-order valence-corrected chi connectivity index (χ0v) is 20.0. The van der Waals surface area contributed by atoms with Gasteiger partial charge in [-0.1, -0.05) is 73.1 Å². The van der Waals surface area contributed by atoms with Crippen LogP contribution in [0.3, 0.4) is 0 Å². The van der Waals surface area contributed by atoms with Crippen molar-refractivity contribution in [2.45, 2.75) is 46.1 Å². The Labute approximate surface area is 198 Å². The number of hydrogen-bond donors (Lipinski definition) is 1. The van der Waals surface area contributed by atoms with Gasteiger partial charge in [-0.2, -0.15) is 0 Å². The molecule has 7 heteroatoms. The van der Waals surface area contributed by atoms with Gasteiger partial charge in [-0.15, -0.1) is 0 Å². The van der Waals surface area contributed by atoms with Gasteiger partial charge in [0.05, 0.1) is 16.4 Å². The highest BCUT2D eigenvalue weighted by molar-refractivity contribution is 6.36. The second-order valence-electron chi connectivity index (χ2n) is 7.32. The third-order valence-electron chi connectivity index (χ3n) is 5.11. The van der Waals surface area contributed by atoms with Gasteiger partial charge in [0.2, 0.25) is 0 Å². The van der Waals surface area contributed by atoms with E-state index in [-0.39, 0.29) is 5.91 Å². The molecule has 0 aliphatic carbocycles. The second kappa shape index (κ2) is 11.0. The highest BCUT2D eigenvalue weighted by Gasteiger charge is 2.24. The Morgan fingerprint density at radius 2 is 1.68 bits per heavy atom. The lowest BCUT2D eigenvalue weighted by Gasteiger charge is -2.13. The lowest BCUT2D eigenvalue weighted by molar-refractivity contribution is 0.0938. The van der Waals surface area contributed by atoms with Crippen molar-refractivity contribution in [2.24, 2.45) is 0 Å². The van der Waals surface area contributed by atoms with Gasteiger partial charge in [0.1, 0.15) is 0 Å². The average Bonchev–Trinajstić information content (AvgIpc) is 3.13. The molecule has 4 nitrogen and oxygen atoms in total. The number of benzene rings is 2. The Morgan fingerprint density at radius 3 is 2.32 bits per heavy atom. The zero-order chi connectivity index (χ0) is 22.4. The highest BCUT2D eigenvalue weighted by Crippen LogP contribution is 2.38. The molecule has 0 bridgehead atoms. The van der Waals surface area contributed by atoms with Gasteiger partial charge in [0.25, 0.3) is 5.91 Å². The van der Waals surface area contributed by atoms with E-state index in [9.17, 15) is 4.79 Å². The van der Waals surface area contributed by atoms with Crippen LogP contribution in [0.5, 0.6) is 0 Å². The number of carbonyl (C=O) groups excluding carboxylic acids is 1. The summed E-state index contributed by atoms with van der Waals surface area (Å²) in [7, 11) is 0. The maximum Gasteiger partial charge on any atom is 0.287 e. The van der Waals surface area contributed by atoms with Gasteiger partial charge in [-0.25, -0.2) is 4.98 Å². The number of amides is 1. The summed E-state index contributed by atoms with van der Waals surface area (Å²) in [4.78, 5) is 17.8. The van der Waals surface area contributed by atoms with Crippen LogP contribution < -0.4 is 5.32 Å². The van der Waals surface area contributed by atoms with E-state index in [0.717, 1.165) is 36.1 Å². The van der Waals surface area contributed by atoms with Gasteiger partial charge < -0.3 is 9.88 Å². The van der Waals surface area contributed by atoms with E-state index >= 15 is 0 Å². The van der Waals surface area contributed by atoms with Gasteiger partial charge in [0, 0.05) is 34.3 Å². The van der Waals surface area contributed by atoms with Crippen molar-refractivity contribution in [3.8, 4) is 22.5 Å². The summed E-state index contributed by atoms with van der Waals surface area (Å²) in [6.07, 6.45) is 4.37. The molecule has 0 unspecified atom stereocenters. The minimum Gasteiger partial charge on any atom is -0.349 e. The van der Waals surface area contributed by atoms with Crippen molar-refractivity contribution in [2.75, 3.05) is 6.54 Å². The molecule has 1 heterocycles. The van der Waals surface area contributed by atoms with Crippen LogP contribution in [0.1, 0.15) is 50.1 Å². The van der Waals surface area contributed by atoms with Crippen LogP contribution in [-0.2, 0) is 6.54 Å². The van der Waals surface area contributed by atoms with E-state index in [1.165, 1.54) is 6.42 Å². The van der Waals surface area contributed by atoms with Crippen LogP contribution in [0.25, 0.3) is 22.5 Å². The van der Waals surface area contributed by atoms with E-state index in [0.29, 0.717) is 39.7 Å². The quantitative estimate of drug-likeness (QED) is 0.323. The zero-order valence-electron chi connectivity index (χ0n) is 17.7. The molecule has 0 spiro atoms. The molecule has 1 N–H and O–H groups in total. The standard InChI is InChI=1S/C24H26Cl3N3O/c1-3-5-6-7-14-28-24(31)23-29-21(16-8-10-17(25)11-9-16)22(30(23)4-2)19-13-12-18(26)15-20(19)27/h8-13,15H,3-7,14H2,1-2H3,(H,28,31). The van der Waals surface area contributed by atoms with Crippen molar-refractivity contribution < 1.29 is 4.79 Å². The predicted molar refractivity (Wildman–Crippen MR) is 130 cm³/mol. The van der Waals surface area contributed by atoms with Crippen LogP contribution in [0.15, 0.2) is 42.5 Å². The van der Waals surface area contributed by atoms with Crippen molar-refractivity contribution in [3.63, 3.8) is 0 Å². The topological polar surface area (TPSA) is 46.9 Å². The second-order valence-corrected chi connectivity index (χ2v) is 8.60. The lowest BCUT2D eigenvalue weighted by atomic mass is 10.0. The lowest BCUT2D eigenvalue weighted by Crippen LogP contribution is -2.27. The van der Waals surface area contributed by atoms with Gasteiger partial charge >= 0.3 is 0 Å². The number of aromatic nitrogens is 2. The number of nitrogens with one attached hydrogen (secondary N) is 1. The maximum absolute atomic E-state index is 13.0. The predicted octanol–water partition coefficient (Wildman–Crippen LogP) is 7.51. The Hall–Kier alpha value is -2.01. The normalized spacial score (nSPS) is 11.0. The van der Waals surface area contributed by atoms with Crippen molar-refractivity contribution in [1.29, 1.82) is 0 Å². The largest absolute Gasteiger partial charge is 0.349 e. The Morgan fingerprint density at radius 1 is 0.968 bits per heavy atom. The number of carbonyl (C=O) groups is 1. The minimum absolute atomic E-state index is 0.190. The SMILES string of the molecule is CCCCCCNC(=O)c1nc(-c2ccc(Cl)cc2)c(-c2ccc(Cl)cc2Cl)n1CC.